The van der Waals surface area contributed by atoms with Crippen molar-refractivity contribution in [3.8, 4) is 0 Å². The third-order valence-corrected chi connectivity index (χ3v) is 1.17. The van der Waals surface area contributed by atoms with Crippen LogP contribution in [0.25, 0.3) is 4.85 Å². The fraction of sp³-hybridized carbons (Fsp3) is 0.500. The van der Waals surface area contributed by atoms with E-state index in [-0.39, 0.29) is 10.9 Å². The first-order valence-corrected chi connectivity index (χ1v) is 3.41. The van der Waals surface area contributed by atoms with Crippen LogP contribution >= 0.6 is 12.2 Å². The molecule has 0 rings (SSSR count). The topological polar surface area (TPSA) is 63.5 Å². The van der Waals surface area contributed by atoms with Gasteiger partial charge in [0.2, 0.25) is 0 Å². The normalized spacial score (nSPS) is 11.3. The van der Waals surface area contributed by atoms with Crippen molar-refractivity contribution in [2.75, 3.05) is 6.61 Å². The van der Waals surface area contributed by atoms with Crippen molar-refractivity contribution in [1.29, 1.82) is 5.41 Å². The Morgan fingerprint density at radius 1 is 1.91 bits per heavy atom. The van der Waals surface area contributed by atoms with Gasteiger partial charge in [-0.3, -0.25) is 10.3 Å². The van der Waals surface area contributed by atoms with E-state index >= 15 is 0 Å². The van der Waals surface area contributed by atoms with Crippen molar-refractivity contribution in [3.05, 3.63) is 11.4 Å². The molecule has 0 heterocycles. The summed E-state index contributed by atoms with van der Waals surface area (Å²) >= 11 is 4.55. The van der Waals surface area contributed by atoms with Gasteiger partial charge in [0.25, 0.3) is 5.90 Å². The van der Waals surface area contributed by atoms with Crippen molar-refractivity contribution in [2.45, 2.75) is 13.0 Å². The lowest BCUT2D eigenvalue weighted by Gasteiger charge is -2.04. The minimum Gasteiger partial charge on any atom is -0.476 e. The van der Waals surface area contributed by atoms with Gasteiger partial charge >= 0.3 is 6.04 Å². The zero-order chi connectivity index (χ0) is 8.85. The van der Waals surface area contributed by atoms with E-state index in [9.17, 15) is 0 Å². The van der Waals surface area contributed by atoms with Crippen LogP contribution in [0.15, 0.2) is 0 Å². The van der Waals surface area contributed by atoms with Gasteiger partial charge in [0.05, 0.1) is 6.61 Å². The van der Waals surface area contributed by atoms with Crippen LogP contribution in [-0.2, 0) is 4.74 Å². The molecule has 0 aliphatic rings. The second-order valence-corrected chi connectivity index (χ2v) is 2.20. The molecule has 0 aromatic heterocycles. The van der Waals surface area contributed by atoms with Gasteiger partial charge in [-0.15, -0.1) is 0 Å². The average Bonchev–Trinajstić information content (AvgIpc) is 1.88. The SMILES string of the molecule is [C-]#[N+]C(C(=N)OCC)C(N)=S. The van der Waals surface area contributed by atoms with Crippen molar-refractivity contribution in [3.63, 3.8) is 0 Å². The molecule has 1 unspecified atom stereocenters. The summed E-state index contributed by atoms with van der Waals surface area (Å²) in [6.45, 7) is 8.72. The number of rotatable bonds is 3. The van der Waals surface area contributed by atoms with Gasteiger partial charge in [0, 0.05) is 0 Å². The molecule has 0 aliphatic carbocycles. The lowest BCUT2D eigenvalue weighted by atomic mass is 10.3. The lowest BCUT2D eigenvalue weighted by molar-refractivity contribution is 0.317. The molecule has 1 atom stereocenters. The quantitative estimate of drug-likeness (QED) is 0.282. The highest BCUT2D eigenvalue weighted by molar-refractivity contribution is 7.80. The minimum atomic E-state index is -0.898. The Labute approximate surface area is 70.7 Å². The lowest BCUT2D eigenvalue weighted by Crippen LogP contribution is -2.32. The fourth-order valence-corrected chi connectivity index (χ4v) is 0.646. The molecule has 3 N–H and O–H groups in total. The van der Waals surface area contributed by atoms with Crippen LogP contribution in [0.5, 0.6) is 0 Å². The summed E-state index contributed by atoms with van der Waals surface area (Å²) in [6.07, 6.45) is 0. The van der Waals surface area contributed by atoms with Crippen LogP contribution in [0.4, 0.5) is 0 Å². The molecule has 0 spiro atoms. The maximum absolute atomic E-state index is 7.17. The Morgan fingerprint density at radius 3 is 2.73 bits per heavy atom. The van der Waals surface area contributed by atoms with Crippen LogP contribution in [0.3, 0.4) is 0 Å². The number of nitrogens with two attached hydrogens (primary N) is 1. The van der Waals surface area contributed by atoms with Crippen molar-refractivity contribution >= 4 is 23.1 Å². The van der Waals surface area contributed by atoms with Gasteiger partial charge in [-0.2, -0.15) is 0 Å². The zero-order valence-electron chi connectivity index (χ0n) is 6.13. The number of hydrogen-bond donors (Lipinski definition) is 2. The fourth-order valence-electron chi connectivity index (χ4n) is 0.486. The molecule has 60 valence electrons. The molecule has 0 bridgehead atoms. The van der Waals surface area contributed by atoms with E-state index in [4.69, 9.17) is 22.5 Å². The molecular weight excluding hydrogens is 162 g/mol. The van der Waals surface area contributed by atoms with Gasteiger partial charge < -0.3 is 10.5 Å². The molecule has 0 aromatic rings. The van der Waals surface area contributed by atoms with Crippen LogP contribution in [0.1, 0.15) is 6.92 Å². The molecule has 11 heavy (non-hydrogen) atoms. The smallest absolute Gasteiger partial charge is 0.345 e. The largest absolute Gasteiger partial charge is 0.476 e. The van der Waals surface area contributed by atoms with Gasteiger partial charge in [-0.05, 0) is 6.92 Å². The van der Waals surface area contributed by atoms with Crippen molar-refractivity contribution < 1.29 is 4.74 Å². The molecule has 0 amide bonds. The first-order chi connectivity index (χ1) is 5.13. The maximum Gasteiger partial charge on any atom is 0.345 e. The monoisotopic (exact) mass is 171 g/mol. The average molecular weight is 171 g/mol. The summed E-state index contributed by atoms with van der Waals surface area (Å²) in [6, 6.07) is -0.898. The molecule has 0 saturated carbocycles. The van der Waals surface area contributed by atoms with Crippen LogP contribution < -0.4 is 5.73 Å². The van der Waals surface area contributed by atoms with Gasteiger partial charge in [0.15, 0.2) is 4.99 Å². The molecule has 0 radical (unpaired) electrons. The van der Waals surface area contributed by atoms with Crippen LogP contribution in [-0.4, -0.2) is 23.5 Å². The Bertz CT molecular complexity index is 208. The molecule has 4 nitrogen and oxygen atoms in total. The summed E-state index contributed by atoms with van der Waals surface area (Å²) in [4.78, 5) is 3.03. The Kier molecular flexibility index (Phi) is 4.15. The molecular formula is C6H9N3OS. The van der Waals surface area contributed by atoms with Gasteiger partial charge in [0.1, 0.15) is 0 Å². The molecule has 0 fully saturated rings. The highest BCUT2D eigenvalue weighted by Gasteiger charge is 2.23. The predicted molar refractivity (Wildman–Crippen MR) is 46.5 cm³/mol. The standard InChI is InChI=1S/C6H9N3OS/c1-3-10-5(7)4(9-2)6(8)11/h4,7H,3H2,1H3,(H2,8,11). The first kappa shape index (κ1) is 9.85. The van der Waals surface area contributed by atoms with E-state index in [2.05, 4.69) is 17.1 Å². The van der Waals surface area contributed by atoms with Gasteiger partial charge in [-0.1, -0.05) is 12.2 Å². The van der Waals surface area contributed by atoms with Crippen LogP contribution in [0.2, 0.25) is 0 Å². The molecule has 0 saturated heterocycles. The Morgan fingerprint density at radius 2 is 2.45 bits per heavy atom. The van der Waals surface area contributed by atoms with Crippen molar-refractivity contribution in [1.82, 2.24) is 0 Å². The second kappa shape index (κ2) is 4.63. The number of nitrogens with one attached hydrogen (secondary N) is 1. The molecule has 5 heteroatoms. The highest BCUT2D eigenvalue weighted by Crippen LogP contribution is 1.95. The summed E-state index contributed by atoms with van der Waals surface area (Å²) in [5, 5.41) is 7.17. The van der Waals surface area contributed by atoms with E-state index in [1.165, 1.54) is 0 Å². The number of thiocarbonyl (C=S) groups is 1. The van der Waals surface area contributed by atoms with Crippen LogP contribution in [0, 0.1) is 12.0 Å². The maximum atomic E-state index is 7.17. The first-order valence-electron chi connectivity index (χ1n) is 3.00. The summed E-state index contributed by atoms with van der Waals surface area (Å²) in [7, 11) is 0. The highest BCUT2D eigenvalue weighted by atomic mass is 32.1. The zero-order valence-corrected chi connectivity index (χ0v) is 6.94. The van der Waals surface area contributed by atoms with E-state index in [1.807, 2.05) is 0 Å². The third kappa shape index (κ3) is 2.96. The summed E-state index contributed by atoms with van der Waals surface area (Å²) in [5.41, 5.74) is 5.18. The van der Waals surface area contributed by atoms with E-state index in [0.717, 1.165) is 0 Å². The van der Waals surface area contributed by atoms with Gasteiger partial charge in [-0.25, -0.2) is 6.57 Å². The molecule has 0 aliphatic heterocycles. The van der Waals surface area contributed by atoms with E-state index < -0.39 is 6.04 Å². The van der Waals surface area contributed by atoms with Crippen molar-refractivity contribution in [2.24, 2.45) is 5.73 Å². The summed E-state index contributed by atoms with van der Waals surface area (Å²) in [5.74, 6) is -0.171. The Hall–Kier alpha value is -1.15. The predicted octanol–water partition coefficient (Wildman–Crippen LogP) is 0.574. The summed E-state index contributed by atoms with van der Waals surface area (Å²) < 4.78 is 4.76. The van der Waals surface area contributed by atoms with E-state index in [1.54, 1.807) is 6.92 Å². The minimum absolute atomic E-state index is 0.0153. The Balaban J connectivity index is 4.18. The number of nitrogens with zero attached hydrogens (tertiary/aromatic N) is 1. The second-order valence-electron chi connectivity index (χ2n) is 1.73. The number of ether oxygens (including phenoxy) is 1. The number of hydrogen-bond acceptors (Lipinski definition) is 3. The van der Waals surface area contributed by atoms with E-state index in [0.29, 0.717) is 6.61 Å². The molecule has 0 aromatic carbocycles. The third-order valence-electron chi connectivity index (χ3n) is 0.947.